The third kappa shape index (κ3) is 11.4. The van der Waals surface area contributed by atoms with Gasteiger partial charge >= 0.3 is 5.97 Å². The van der Waals surface area contributed by atoms with E-state index in [4.69, 9.17) is 23.7 Å². The number of ketones is 2. The lowest BCUT2D eigenvalue weighted by molar-refractivity contribution is -0.302. The first-order valence-corrected chi connectivity index (χ1v) is 22.6. The van der Waals surface area contributed by atoms with E-state index in [9.17, 15) is 34.5 Å². The molecule has 62 heavy (non-hydrogen) atoms. The van der Waals surface area contributed by atoms with E-state index < -0.39 is 102 Å². The average molecular weight is 872 g/mol. The minimum Gasteiger partial charge on any atom is -0.488 e. The summed E-state index contributed by atoms with van der Waals surface area (Å²) < 4.78 is 46.5. The Morgan fingerprint density at radius 2 is 1.61 bits per heavy atom. The number of esters is 1. The third-order valence-electron chi connectivity index (χ3n) is 13.8. The summed E-state index contributed by atoms with van der Waals surface area (Å²) in [4.78, 5) is 58.0. The van der Waals surface area contributed by atoms with Crippen LogP contribution in [0.5, 0.6) is 5.75 Å². The van der Waals surface area contributed by atoms with Crippen molar-refractivity contribution in [3.8, 4) is 5.75 Å². The van der Waals surface area contributed by atoms with Crippen LogP contribution in [-0.2, 0) is 38.1 Å². The van der Waals surface area contributed by atoms with Crippen molar-refractivity contribution in [1.29, 1.82) is 0 Å². The first-order valence-electron chi connectivity index (χ1n) is 22.6. The van der Waals surface area contributed by atoms with E-state index in [1.165, 1.54) is 14.2 Å². The molecule has 346 valence electrons. The van der Waals surface area contributed by atoms with Crippen molar-refractivity contribution < 1.29 is 62.6 Å². The molecule has 3 aliphatic heterocycles. The van der Waals surface area contributed by atoms with Crippen LogP contribution in [0.25, 0.3) is 0 Å². The van der Waals surface area contributed by atoms with Crippen molar-refractivity contribution in [2.24, 2.45) is 29.6 Å². The van der Waals surface area contributed by atoms with Crippen molar-refractivity contribution in [3.05, 3.63) is 53.6 Å². The molecule has 3 N–H and O–H groups in total. The number of aliphatic hydroxyl groups is 3. The number of allylic oxidation sites excluding steroid dienone is 3. The van der Waals surface area contributed by atoms with Crippen LogP contribution in [-0.4, -0.2) is 125 Å². The number of alkyl halides is 1. The van der Waals surface area contributed by atoms with Gasteiger partial charge in [0.15, 0.2) is 0 Å². The van der Waals surface area contributed by atoms with E-state index in [0.29, 0.717) is 55.4 Å². The molecule has 1 aromatic rings. The number of ether oxygens (including phenoxy) is 5. The van der Waals surface area contributed by atoms with Crippen molar-refractivity contribution in [1.82, 2.24) is 4.90 Å². The summed E-state index contributed by atoms with van der Waals surface area (Å²) in [6.45, 7) is 10.2. The van der Waals surface area contributed by atoms with Crippen LogP contribution in [0.2, 0.25) is 0 Å². The van der Waals surface area contributed by atoms with E-state index in [1.54, 1.807) is 40.7 Å². The molecular formula is C48H70FNO12. The smallest absolute Gasteiger partial charge is 0.329 e. The number of hydrogen-bond donors (Lipinski definition) is 3. The first kappa shape index (κ1) is 49.5. The number of Topliss-reactive ketones (excluding diaryl/α,β-unsaturated/α-hetero) is 2. The molecule has 1 aromatic carbocycles. The van der Waals surface area contributed by atoms with Crippen molar-refractivity contribution in [3.63, 3.8) is 0 Å². The largest absolute Gasteiger partial charge is 0.488 e. The Morgan fingerprint density at radius 3 is 2.27 bits per heavy atom. The van der Waals surface area contributed by atoms with Gasteiger partial charge in [-0.3, -0.25) is 14.4 Å². The molecule has 0 radical (unpaired) electrons. The summed E-state index contributed by atoms with van der Waals surface area (Å²) in [5.74, 6) is -8.62. The van der Waals surface area contributed by atoms with E-state index in [2.05, 4.69) is 0 Å². The second kappa shape index (κ2) is 21.9. The number of benzene rings is 1. The van der Waals surface area contributed by atoms with Crippen LogP contribution in [0.15, 0.2) is 53.6 Å². The van der Waals surface area contributed by atoms with Crippen LogP contribution in [0.3, 0.4) is 0 Å². The van der Waals surface area contributed by atoms with Crippen LogP contribution >= 0.6 is 0 Å². The standard InChI is InChI=1S/C48H70FNO12/c1-9-33-22-27(2)42(49)28(3)23-40(58-7)44-41(59-8)24-30(5)48(57,62-44)45(54)46(55)50-20-14-13-17-35(50)47(56)61-43(31(6)37(52)26-38(33)53)29(4)21-32-18-19-36(51)39(25-32)60-34-15-11-10-12-16-34/h10-12,15-16,21-22,28,30-33,35-37,39-44,51-52,57H,9,13-14,17-20,23-26H2,1-8H3. The number of hydrogen-bond acceptors (Lipinski definition) is 12. The Labute approximate surface area is 366 Å². The number of rotatable bonds is 7. The van der Waals surface area contributed by atoms with Gasteiger partial charge in [0.1, 0.15) is 42.1 Å². The minimum absolute atomic E-state index is 0.0408. The predicted molar refractivity (Wildman–Crippen MR) is 228 cm³/mol. The highest BCUT2D eigenvalue weighted by Gasteiger charge is 2.57. The molecule has 14 heteroatoms. The number of carbonyl (C=O) groups is 4. The van der Waals surface area contributed by atoms with Crippen LogP contribution < -0.4 is 4.74 Å². The average Bonchev–Trinajstić information content (AvgIpc) is 3.26. The summed E-state index contributed by atoms with van der Waals surface area (Å²) in [5.41, 5.74) is 0.927. The fraction of sp³-hybridized carbons (Fsp3) is 0.708. The molecule has 2 saturated heterocycles. The van der Waals surface area contributed by atoms with Gasteiger partial charge in [0, 0.05) is 44.9 Å². The lowest BCUT2D eigenvalue weighted by Gasteiger charge is -2.47. The minimum atomic E-state index is -2.61. The highest BCUT2D eigenvalue weighted by Crippen LogP contribution is 2.40. The second-order valence-corrected chi connectivity index (χ2v) is 18.3. The van der Waals surface area contributed by atoms with Crippen LogP contribution in [0.1, 0.15) is 106 Å². The Morgan fingerprint density at radius 1 is 0.935 bits per heavy atom. The normalized spacial score (nSPS) is 38.9. The molecule has 0 spiro atoms. The third-order valence-corrected chi connectivity index (χ3v) is 13.8. The van der Waals surface area contributed by atoms with Crippen molar-refractivity contribution in [2.75, 3.05) is 20.8 Å². The Hall–Kier alpha value is -3.53. The number of amides is 1. The van der Waals surface area contributed by atoms with Gasteiger partial charge in [-0.05, 0) is 107 Å². The molecule has 1 saturated carbocycles. The van der Waals surface area contributed by atoms with Gasteiger partial charge in [0.25, 0.3) is 11.7 Å². The van der Waals surface area contributed by atoms with Crippen LogP contribution in [0.4, 0.5) is 4.39 Å². The lowest BCUT2D eigenvalue weighted by Crippen LogP contribution is -2.64. The highest BCUT2D eigenvalue weighted by atomic mass is 19.1. The molecule has 3 heterocycles. The molecular weight excluding hydrogens is 802 g/mol. The zero-order valence-electron chi connectivity index (χ0n) is 37.7. The molecule has 0 aromatic heterocycles. The molecule has 1 aliphatic carbocycles. The topological polar surface area (TPSA) is 178 Å². The number of halogens is 1. The number of piperidine rings is 1. The lowest BCUT2D eigenvalue weighted by atomic mass is 9.81. The van der Waals surface area contributed by atoms with E-state index in [0.717, 1.165) is 4.90 Å². The van der Waals surface area contributed by atoms with Gasteiger partial charge in [0.05, 0.1) is 24.4 Å². The van der Waals surface area contributed by atoms with Gasteiger partial charge in [-0.1, -0.05) is 58.0 Å². The predicted octanol–water partition coefficient (Wildman–Crippen LogP) is 5.85. The molecule has 13 nitrogen and oxygen atoms in total. The number of methoxy groups -OCH3 is 2. The zero-order valence-corrected chi connectivity index (χ0v) is 37.7. The number of aliphatic hydroxyl groups excluding tert-OH is 2. The summed E-state index contributed by atoms with van der Waals surface area (Å²) in [6, 6.07) is 8.04. The molecule has 3 fully saturated rings. The van der Waals surface area contributed by atoms with Crippen molar-refractivity contribution >= 4 is 23.4 Å². The SMILES string of the molecule is CCC1C=C(C)C(F)C(C)CC(OC)C2OC(O)(C(=O)C(=O)N3CCCCC3C(=O)OC(C(C)=CC3CCC(O)C(Oc4ccccc4)C3)C(C)C(O)CC1=O)C(C)CC2OC. The Bertz CT molecular complexity index is 1760. The number of cyclic esters (lactones) is 1. The molecule has 15 unspecified atom stereocenters. The van der Waals surface area contributed by atoms with E-state index in [1.807, 2.05) is 43.3 Å². The molecule has 5 rings (SSSR count). The maximum Gasteiger partial charge on any atom is 0.329 e. The number of para-hydroxylation sites is 1. The summed E-state index contributed by atoms with van der Waals surface area (Å²) in [6.07, 6.45) is -1.05. The van der Waals surface area contributed by atoms with Gasteiger partial charge < -0.3 is 43.9 Å². The summed E-state index contributed by atoms with van der Waals surface area (Å²) in [7, 11) is 2.88. The zero-order chi connectivity index (χ0) is 45.5. The second-order valence-electron chi connectivity index (χ2n) is 18.3. The Kier molecular flexibility index (Phi) is 17.5. The monoisotopic (exact) mass is 871 g/mol. The van der Waals surface area contributed by atoms with Gasteiger partial charge in [-0.2, -0.15) is 0 Å². The first-order chi connectivity index (χ1) is 29.4. The number of carbonyl (C=O) groups excluding carboxylic acids is 4. The molecule has 15 atom stereocenters. The van der Waals surface area contributed by atoms with Gasteiger partial charge in [-0.25, -0.2) is 9.18 Å². The van der Waals surface area contributed by atoms with Gasteiger partial charge in [-0.15, -0.1) is 0 Å². The quantitative estimate of drug-likeness (QED) is 0.169. The fourth-order valence-electron chi connectivity index (χ4n) is 9.84. The van der Waals surface area contributed by atoms with Crippen LogP contribution in [0, 0.1) is 29.6 Å². The van der Waals surface area contributed by atoms with E-state index in [-0.39, 0.29) is 43.9 Å². The maximum atomic E-state index is 16.3. The highest BCUT2D eigenvalue weighted by molar-refractivity contribution is 6.39. The molecule has 1 amide bonds. The Balaban J connectivity index is 1.52. The summed E-state index contributed by atoms with van der Waals surface area (Å²) >= 11 is 0. The molecule has 4 aliphatic rings. The number of fused-ring (bicyclic) bond motifs is 3. The number of nitrogens with zero attached hydrogens (tertiary/aromatic N) is 1. The van der Waals surface area contributed by atoms with E-state index >= 15 is 4.39 Å². The maximum absolute atomic E-state index is 16.3. The molecule has 2 bridgehead atoms. The van der Waals surface area contributed by atoms with Crippen molar-refractivity contribution in [2.45, 2.75) is 166 Å². The summed E-state index contributed by atoms with van der Waals surface area (Å²) in [5, 5.41) is 34.7. The van der Waals surface area contributed by atoms with Gasteiger partial charge in [0.2, 0.25) is 5.79 Å². The fourth-order valence-corrected chi connectivity index (χ4v) is 9.84.